The third kappa shape index (κ3) is 9.09. The van der Waals surface area contributed by atoms with Crippen molar-refractivity contribution >= 4 is 71.1 Å². The van der Waals surface area contributed by atoms with Crippen LogP contribution in [-0.4, -0.2) is 49.4 Å². The van der Waals surface area contributed by atoms with Crippen LogP contribution in [0.1, 0.15) is 10.5 Å². The normalized spacial score (nSPS) is 11.0. The molecule has 3 aromatic heterocycles. The van der Waals surface area contributed by atoms with Crippen LogP contribution in [0.3, 0.4) is 0 Å². The van der Waals surface area contributed by atoms with E-state index >= 15 is 0 Å². The summed E-state index contributed by atoms with van der Waals surface area (Å²) < 4.78 is 42.3. The molecule has 13 rings (SSSR count). The average Bonchev–Trinajstić information content (AvgIpc) is 4.06. The predicted molar refractivity (Wildman–Crippen MR) is 285 cm³/mol. The third-order valence-electron chi connectivity index (χ3n) is 12.6. The molecule has 0 unspecified atom stereocenters. The monoisotopic (exact) mass is 1150 g/mol. The van der Waals surface area contributed by atoms with Crippen LogP contribution in [0.4, 0.5) is 8.78 Å². The first-order valence-electron chi connectivity index (χ1n) is 23.2. The number of carboxylic acid groups (broad SMARTS) is 1. The molecule has 1 N–H and O–H groups in total. The van der Waals surface area contributed by atoms with Gasteiger partial charge in [0, 0.05) is 70.9 Å². The second kappa shape index (κ2) is 20.9. The zero-order valence-corrected chi connectivity index (χ0v) is 42.0. The van der Waals surface area contributed by atoms with E-state index in [-0.39, 0.29) is 37.4 Å². The molecule has 74 heavy (non-hydrogen) atoms. The summed E-state index contributed by atoms with van der Waals surface area (Å²) in [7, 11) is 3.31. The summed E-state index contributed by atoms with van der Waals surface area (Å²) in [6.07, 6.45) is 1.45. The number of aromatic carboxylic acids is 1. The van der Waals surface area contributed by atoms with Crippen LogP contribution in [0.2, 0.25) is 0 Å². The minimum absolute atomic E-state index is 0. The molecule has 3 heterocycles. The Morgan fingerprint density at radius 2 is 0.838 bits per heavy atom. The Morgan fingerprint density at radius 1 is 0.473 bits per heavy atom. The van der Waals surface area contributed by atoms with Gasteiger partial charge in [0.1, 0.15) is 17.2 Å². The molecule has 0 amide bonds. The summed E-state index contributed by atoms with van der Waals surface area (Å²) >= 11 is 0. The molecule has 10 aromatic carbocycles. The van der Waals surface area contributed by atoms with Gasteiger partial charge in [0.2, 0.25) is 0 Å². The molecule has 0 aliphatic carbocycles. The second-order valence-corrected chi connectivity index (χ2v) is 16.9. The molecular formula is C62H41F2IrN5O4-2. The molecular weight excluding hydrogens is 1110 g/mol. The van der Waals surface area contributed by atoms with E-state index in [0.717, 1.165) is 88.4 Å². The van der Waals surface area contributed by atoms with Crippen molar-refractivity contribution in [2.45, 2.75) is 0 Å². The van der Waals surface area contributed by atoms with Crippen molar-refractivity contribution < 1.29 is 48.3 Å². The minimum Gasteiger partial charge on any atom is -0.497 e. The van der Waals surface area contributed by atoms with E-state index in [2.05, 4.69) is 99.0 Å². The number of ether oxygens (including phenoxy) is 2. The van der Waals surface area contributed by atoms with Gasteiger partial charge in [0.25, 0.3) is 0 Å². The smallest absolute Gasteiger partial charge is 0.354 e. The fraction of sp³-hybridized carbons (Fsp3) is 0.0323. The van der Waals surface area contributed by atoms with Gasteiger partial charge in [-0.25, -0.2) is 9.78 Å². The molecule has 0 fully saturated rings. The van der Waals surface area contributed by atoms with Crippen molar-refractivity contribution in [1.82, 2.24) is 24.1 Å². The summed E-state index contributed by atoms with van der Waals surface area (Å²) in [5.74, 6) is 1.36. The SMILES string of the molecule is COc1ccc(-n2c(-c3[c-]cc(F)cc3)nc3c4ccccc4c4ccccc4c32)cc1.COc1ccc(-n2c(-c3[c-]cc(F)cc3)nc3c4ccccc4c4ccccc4c32)cc1.O=C(O)c1ccccn1.[Ir]. The summed E-state index contributed by atoms with van der Waals surface area (Å²) in [6.45, 7) is 0. The van der Waals surface area contributed by atoms with E-state index in [9.17, 15) is 13.6 Å². The van der Waals surface area contributed by atoms with Gasteiger partial charge in [0.15, 0.2) is 0 Å². The standard InChI is InChI=1S/2C28H18FN2O.C6H5NO2.Ir/c2*1-32-21-16-14-20(15-17-21)31-27-25-9-5-3-7-23(25)22-6-2-4-8-24(22)26(27)30-28(31)18-10-12-19(29)13-11-18;8-6(9)5-3-1-2-4-7-5;/h2*2-10,12-17H,1H3;1-4H,(H,8,9);/q2*-1;;. The minimum atomic E-state index is -0.990. The van der Waals surface area contributed by atoms with Crippen molar-refractivity contribution in [2.24, 2.45) is 0 Å². The summed E-state index contributed by atoms with van der Waals surface area (Å²) in [6, 6.07) is 69.1. The van der Waals surface area contributed by atoms with Crippen LogP contribution >= 0.6 is 0 Å². The van der Waals surface area contributed by atoms with Gasteiger partial charge in [0.05, 0.1) is 47.9 Å². The van der Waals surface area contributed by atoms with Gasteiger partial charge >= 0.3 is 5.97 Å². The van der Waals surface area contributed by atoms with E-state index in [4.69, 9.17) is 24.5 Å². The van der Waals surface area contributed by atoms with Crippen molar-refractivity contribution in [3.8, 4) is 45.6 Å². The van der Waals surface area contributed by atoms with Crippen LogP contribution < -0.4 is 9.47 Å². The third-order valence-corrected chi connectivity index (χ3v) is 12.6. The predicted octanol–water partition coefficient (Wildman–Crippen LogP) is 14.7. The molecule has 9 nitrogen and oxygen atoms in total. The van der Waals surface area contributed by atoms with E-state index in [1.165, 1.54) is 47.3 Å². The van der Waals surface area contributed by atoms with Gasteiger partial charge in [-0.15, -0.1) is 59.7 Å². The Bertz CT molecular complexity index is 3900. The number of halogens is 2. The fourth-order valence-corrected chi connectivity index (χ4v) is 9.32. The number of nitrogens with zero attached hydrogens (tertiary/aromatic N) is 5. The second-order valence-electron chi connectivity index (χ2n) is 16.9. The van der Waals surface area contributed by atoms with Gasteiger partial charge in [-0.2, -0.15) is 0 Å². The van der Waals surface area contributed by atoms with E-state index < -0.39 is 5.97 Å². The van der Waals surface area contributed by atoms with Crippen molar-refractivity contribution in [3.63, 3.8) is 0 Å². The molecule has 0 aliphatic heterocycles. The fourth-order valence-electron chi connectivity index (χ4n) is 9.32. The van der Waals surface area contributed by atoms with Crippen LogP contribution in [-0.2, 0) is 20.1 Å². The molecule has 363 valence electrons. The zero-order chi connectivity index (χ0) is 50.0. The van der Waals surface area contributed by atoms with Crippen LogP contribution in [0.15, 0.2) is 206 Å². The Kier molecular flexibility index (Phi) is 13.7. The number of fused-ring (bicyclic) bond motifs is 12. The van der Waals surface area contributed by atoms with E-state index in [1.54, 1.807) is 38.5 Å². The number of aromatic nitrogens is 5. The van der Waals surface area contributed by atoms with E-state index in [1.807, 2.05) is 72.8 Å². The molecule has 1 radical (unpaired) electrons. The first kappa shape index (κ1) is 48.5. The number of carbonyl (C=O) groups is 1. The van der Waals surface area contributed by atoms with Crippen molar-refractivity contribution in [2.75, 3.05) is 14.2 Å². The van der Waals surface area contributed by atoms with Gasteiger partial charge in [-0.1, -0.05) is 103 Å². The van der Waals surface area contributed by atoms with Crippen molar-refractivity contribution in [1.29, 1.82) is 0 Å². The number of benzene rings is 10. The Labute approximate surface area is 436 Å². The summed E-state index contributed by atoms with van der Waals surface area (Å²) in [5.41, 5.74) is 7.26. The summed E-state index contributed by atoms with van der Waals surface area (Å²) in [5, 5.41) is 17.3. The molecule has 0 spiro atoms. The number of methoxy groups -OCH3 is 2. The molecule has 0 saturated heterocycles. The quantitative estimate of drug-likeness (QED) is 0.125. The summed E-state index contributed by atoms with van der Waals surface area (Å²) in [4.78, 5) is 23.9. The number of hydrogen-bond donors (Lipinski definition) is 1. The van der Waals surface area contributed by atoms with Gasteiger partial charge in [-0.05, 0) is 82.2 Å². The Morgan fingerprint density at radius 3 is 1.16 bits per heavy atom. The Hall–Kier alpha value is -9.09. The van der Waals surface area contributed by atoms with Crippen molar-refractivity contribution in [3.05, 3.63) is 236 Å². The first-order valence-corrected chi connectivity index (χ1v) is 23.2. The molecule has 0 bridgehead atoms. The maximum atomic E-state index is 13.7. The molecule has 0 aliphatic rings. The number of rotatable bonds is 7. The topological polar surface area (TPSA) is 104 Å². The number of hydrogen-bond acceptors (Lipinski definition) is 6. The number of carboxylic acids is 1. The van der Waals surface area contributed by atoms with Crippen LogP contribution in [0, 0.1) is 23.8 Å². The molecule has 13 aromatic rings. The van der Waals surface area contributed by atoms with Gasteiger partial charge < -0.3 is 23.7 Å². The molecule has 0 atom stereocenters. The molecule has 12 heteroatoms. The van der Waals surface area contributed by atoms with Crippen LogP contribution in [0.25, 0.3) is 99.3 Å². The Balaban J connectivity index is 0.000000143. The van der Waals surface area contributed by atoms with Crippen LogP contribution in [0.5, 0.6) is 11.5 Å². The van der Waals surface area contributed by atoms with E-state index in [0.29, 0.717) is 11.6 Å². The maximum absolute atomic E-state index is 13.7. The van der Waals surface area contributed by atoms with Gasteiger partial charge in [-0.3, -0.25) is 18.7 Å². The maximum Gasteiger partial charge on any atom is 0.354 e. The molecule has 0 saturated carbocycles. The first-order chi connectivity index (χ1) is 35.8. The number of pyridine rings is 1. The number of imidazole rings is 2. The largest absolute Gasteiger partial charge is 0.497 e. The average molecular weight is 1150 g/mol. The zero-order valence-electron chi connectivity index (χ0n) is 39.6.